The quantitative estimate of drug-likeness (QED) is 0.141. The molecule has 1 aromatic heterocycles. The number of carbonyl (C=O) groups is 5. The normalized spacial score (nSPS) is 20.7. The molecule has 0 aliphatic carbocycles. The molecule has 2 aliphatic heterocycles. The highest BCUT2D eigenvalue weighted by Crippen LogP contribution is 2.35. The van der Waals surface area contributed by atoms with Gasteiger partial charge in [0.25, 0.3) is 11.8 Å². The number of halogens is 2. The van der Waals surface area contributed by atoms with Gasteiger partial charge in [-0.15, -0.1) is 11.3 Å². The lowest BCUT2D eigenvalue weighted by Crippen LogP contribution is -2.59. The minimum Gasteiger partial charge on any atom is -0.370 e. The van der Waals surface area contributed by atoms with Crippen molar-refractivity contribution >= 4 is 50.8 Å². The SMILES string of the molecule is CN(C)[C@H]1CC[C@H](NC(=O)c2cc3cc(C(C)(F)F)ccc3s2)C(=O)N2[C@H](CC[C@H]2C(=O)N[C@@H](CCC(N)=O)C(=O)CC(c2ccccc2)c2ccccc2)C1. The molecule has 3 heterocycles. The first-order valence-electron chi connectivity index (χ1n) is 19.1. The summed E-state index contributed by atoms with van der Waals surface area (Å²) in [7, 11) is 3.92. The number of benzene rings is 3. The average molecular weight is 786 g/mol. The van der Waals surface area contributed by atoms with Gasteiger partial charge in [-0.05, 0) is 87.3 Å². The lowest BCUT2D eigenvalue weighted by atomic mass is 9.85. The van der Waals surface area contributed by atoms with E-state index in [2.05, 4.69) is 15.5 Å². The Morgan fingerprint density at radius 3 is 2.20 bits per heavy atom. The first kappa shape index (κ1) is 40.6. The van der Waals surface area contributed by atoms with Crippen molar-refractivity contribution in [1.82, 2.24) is 20.4 Å². The number of Topliss-reactive ketones (excluding diaryl/α,β-unsaturated/α-hetero) is 1. The van der Waals surface area contributed by atoms with Gasteiger partial charge in [0.1, 0.15) is 12.1 Å². The fourth-order valence-corrected chi connectivity index (χ4v) is 9.02. The van der Waals surface area contributed by atoms with Crippen molar-refractivity contribution in [2.75, 3.05) is 14.1 Å². The molecular formula is C43H49F2N5O5S. The van der Waals surface area contributed by atoms with Crippen molar-refractivity contribution in [3.63, 3.8) is 0 Å². The highest BCUT2D eigenvalue weighted by molar-refractivity contribution is 7.20. The van der Waals surface area contributed by atoms with E-state index in [9.17, 15) is 32.8 Å². The van der Waals surface area contributed by atoms with E-state index >= 15 is 0 Å². The molecule has 0 radical (unpaired) electrons. The monoisotopic (exact) mass is 785 g/mol. The molecule has 0 saturated carbocycles. The fraction of sp³-hybridized carbons (Fsp3) is 0.419. The molecular weight excluding hydrogens is 737 g/mol. The molecule has 2 saturated heterocycles. The largest absolute Gasteiger partial charge is 0.370 e. The summed E-state index contributed by atoms with van der Waals surface area (Å²) in [5.41, 5.74) is 7.22. The van der Waals surface area contributed by atoms with Crippen molar-refractivity contribution < 1.29 is 32.8 Å². The van der Waals surface area contributed by atoms with Gasteiger partial charge in [-0.1, -0.05) is 66.7 Å². The van der Waals surface area contributed by atoms with Crippen LogP contribution in [0, 0.1) is 0 Å². The summed E-state index contributed by atoms with van der Waals surface area (Å²) in [5.74, 6) is -5.59. The lowest BCUT2D eigenvalue weighted by molar-refractivity contribution is -0.143. The Morgan fingerprint density at radius 2 is 1.59 bits per heavy atom. The number of carbonyl (C=O) groups excluding carboxylic acids is 5. The second kappa shape index (κ2) is 17.4. The molecule has 56 heavy (non-hydrogen) atoms. The minimum atomic E-state index is -3.04. The number of nitrogens with zero attached hydrogens (tertiary/aromatic N) is 2. The maximum atomic E-state index is 14.5. The van der Waals surface area contributed by atoms with Crippen LogP contribution >= 0.6 is 11.3 Å². The van der Waals surface area contributed by atoms with E-state index in [1.54, 1.807) is 17.0 Å². The van der Waals surface area contributed by atoms with E-state index in [0.29, 0.717) is 42.2 Å². The topological polar surface area (TPSA) is 142 Å². The molecule has 13 heteroatoms. The van der Waals surface area contributed by atoms with Crippen LogP contribution in [0.4, 0.5) is 8.78 Å². The van der Waals surface area contributed by atoms with Gasteiger partial charge in [-0.3, -0.25) is 24.0 Å². The van der Waals surface area contributed by atoms with Gasteiger partial charge >= 0.3 is 0 Å². The van der Waals surface area contributed by atoms with Crippen LogP contribution in [-0.2, 0) is 25.1 Å². The van der Waals surface area contributed by atoms with E-state index in [4.69, 9.17) is 5.73 Å². The van der Waals surface area contributed by atoms with Crippen LogP contribution in [0.2, 0.25) is 0 Å². The van der Waals surface area contributed by atoms with Crippen molar-refractivity contribution in [2.24, 2.45) is 5.73 Å². The average Bonchev–Trinajstić information content (AvgIpc) is 3.80. The summed E-state index contributed by atoms with van der Waals surface area (Å²) in [5, 5.41) is 6.33. The molecule has 4 aromatic rings. The minimum absolute atomic E-state index is 0.00818. The number of nitrogens with one attached hydrogen (secondary N) is 2. The predicted octanol–water partition coefficient (Wildman–Crippen LogP) is 6.13. The van der Waals surface area contributed by atoms with E-state index in [0.717, 1.165) is 29.4 Å². The third-order valence-electron chi connectivity index (χ3n) is 11.2. The number of rotatable bonds is 14. The molecule has 4 amide bonds. The highest BCUT2D eigenvalue weighted by Gasteiger charge is 2.46. The molecule has 2 fully saturated rings. The maximum absolute atomic E-state index is 14.5. The Hall–Kier alpha value is -5.01. The molecule has 5 atom stereocenters. The summed E-state index contributed by atoms with van der Waals surface area (Å²) in [6.07, 6.45) is 2.44. The maximum Gasteiger partial charge on any atom is 0.270 e. The molecule has 0 spiro atoms. The fourth-order valence-electron chi connectivity index (χ4n) is 8.07. The van der Waals surface area contributed by atoms with Crippen LogP contribution < -0.4 is 16.4 Å². The number of fused-ring (bicyclic) bond motifs is 2. The van der Waals surface area contributed by atoms with Crippen LogP contribution in [0.25, 0.3) is 10.1 Å². The molecule has 0 unspecified atom stereocenters. The van der Waals surface area contributed by atoms with Crippen molar-refractivity contribution in [3.05, 3.63) is 106 Å². The highest BCUT2D eigenvalue weighted by atomic mass is 32.1. The van der Waals surface area contributed by atoms with E-state index in [1.165, 1.54) is 12.1 Å². The van der Waals surface area contributed by atoms with Gasteiger partial charge in [-0.25, -0.2) is 8.78 Å². The zero-order valence-electron chi connectivity index (χ0n) is 31.9. The van der Waals surface area contributed by atoms with Crippen LogP contribution in [0.3, 0.4) is 0 Å². The van der Waals surface area contributed by atoms with Gasteiger partial charge in [0.05, 0.1) is 10.9 Å². The second-order valence-electron chi connectivity index (χ2n) is 15.3. The number of ketones is 1. The van der Waals surface area contributed by atoms with Crippen LogP contribution in [0.5, 0.6) is 0 Å². The van der Waals surface area contributed by atoms with Gasteiger partial charge < -0.3 is 26.2 Å². The summed E-state index contributed by atoms with van der Waals surface area (Å²) in [6, 6.07) is 22.0. The molecule has 10 nitrogen and oxygen atoms in total. The van der Waals surface area contributed by atoms with E-state index < -0.39 is 41.8 Å². The number of hydrogen-bond acceptors (Lipinski definition) is 7. The lowest BCUT2D eigenvalue weighted by Gasteiger charge is -2.39. The summed E-state index contributed by atoms with van der Waals surface area (Å²) >= 11 is 1.15. The van der Waals surface area contributed by atoms with Crippen LogP contribution in [0.15, 0.2) is 84.9 Å². The van der Waals surface area contributed by atoms with Crippen molar-refractivity contribution in [1.29, 1.82) is 0 Å². The standard InChI is InChI=1S/C43H49F2N5O5S/c1-43(44,45)29-14-20-37-28(22-29)23-38(56-37)41(54)48-34-17-15-30(49(2)3)24-31-16-19-35(50(31)42(34)55)40(53)47-33(18-21-39(46)52)36(51)25-32(26-10-6-4-7-11-26)27-12-8-5-9-13-27/h4-14,20,22-23,30-35H,15-19,21,24-25H2,1-3H3,(H2,46,52)(H,47,53)(H,48,54)/t30-,31+,33-,34-,35-/m0/s1. The van der Waals surface area contributed by atoms with Gasteiger partial charge in [0.15, 0.2) is 5.78 Å². The first-order chi connectivity index (χ1) is 26.7. The predicted molar refractivity (Wildman–Crippen MR) is 212 cm³/mol. The van der Waals surface area contributed by atoms with Crippen LogP contribution in [0.1, 0.15) is 90.6 Å². The van der Waals surface area contributed by atoms with Crippen molar-refractivity contribution in [3.8, 4) is 0 Å². The second-order valence-corrected chi connectivity index (χ2v) is 16.4. The zero-order chi connectivity index (χ0) is 40.1. The molecule has 6 rings (SSSR count). The Kier molecular flexibility index (Phi) is 12.6. The van der Waals surface area contributed by atoms with Crippen LogP contribution in [-0.4, -0.2) is 83.5 Å². The Balaban J connectivity index is 1.23. The Morgan fingerprint density at radius 1 is 0.929 bits per heavy atom. The smallest absolute Gasteiger partial charge is 0.270 e. The Labute approximate surface area is 329 Å². The summed E-state index contributed by atoms with van der Waals surface area (Å²) < 4.78 is 28.7. The Bertz CT molecular complexity index is 2010. The third-order valence-corrected chi connectivity index (χ3v) is 12.3. The first-order valence-corrected chi connectivity index (χ1v) is 19.9. The number of primary amides is 1. The summed E-state index contributed by atoms with van der Waals surface area (Å²) in [4.78, 5) is 72.4. The molecule has 3 aromatic carbocycles. The number of hydrogen-bond donors (Lipinski definition) is 3. The van der Waals surface area contributed by atoms with E-state index in [-0.39, 0.29) is 59.4 Å². The van der Waals surface area contributed by atoms with Gasteiger partial charge in [0.2, 0.25) is 17.7 Å². The third kappa shape index (κ3) is 9.50. The molecule has 4 N–H and O–H groups in total. The summed E-state index contributed by atoms with van der Waals surface area (Å²) in [6.45, 7) is 0.820. The molecule has 0 bridgehead atoms. The van der Waals surface area contributed by atoms with Crippen molar-refractivity contribution in [2.45, 2.75) is 100 Å². The van der Waals surface area contributed by atoms with Gasteiger partial charge in [-0.2, -0.15) is 0 Å². The molecule has 2 aliphatic rings. The number of nitrogens with two attached hydrogens (primary N) is 1. The zero-order valence-corrected chi connectivity index (χ0v) is 32.7. The number of alkyl halides is 2. The van der Waals surface area contributed by atoms with Gasteiger partial charge in [0, 0.05) is 48.0 Å². The number of amides is 4. The molecule has 296 valence electrons. The van der Waals surface area contributed by atoms with E-state index in [1.807, 2.05) is 74.8 Å². The number of thiophene rings is 1.